The number of aliphatic hydroxyl groups is 1. The van der Waals surface area contributed by atoms with Crippen LogP contribution in [0.4, 0.5) is 0 Å². The van der Waals surface area contributed by atoms with Crippen LogP contribution in [-0.2, 0) is 9.53 Å². The van der Waals surface area contributed by atoms with Gasteiger partial charge in [0.05, 0.1) is 0 Å². The van der Waals surface area contributed by atoms with Gasteiger partial charge < -0.3 is 20.9 Å². The van der Waals surface area contributed by atoms with Gasteiger partial charge in [-0.05, 0) is 6.42 Å². The summed E-state index contributed by atoms with van der Waals surface area (Å²) >= 11 is 0. The van der Waals surface area contributed by atoms with Crippen LogP contribution >= 0.6 is 0 Å². The molecule has 0 radical (unpaired) electrons. The number of nitrogens with two attached hydrogens (primary N) is 1. The van der Waals surface area contributed by atoms with E-state index < -0.39 is 6.10 Å². The number of amides is 1. The highest BCUT2D eigenvalue weighted by molar-refractivity contribution is 5.80. The second-order valence-corrected chi connectivity index (χ2v) is 2.33. The van der Waals surface area contributed by atoms with Crippen molar-refractivity contribution in [1.29, 1.82) is 0 Å². The van der Waals surface area contributed by atoms with E-state index in [2.05, 4.69) is 5.32 Å². The van der Waals surface area contributed by atoms with Crippen molar-refractivity contribution in [2.45, 2.75) is 12.5 Å². The molecule has 0 rings (SSSR count). The molecule has 1 atom stereocenters. The Morgan fingerprint density at radius 3 is 2.83 bits per heavy atom. The molecule has 72 valence electrons. The highest BCUT2D eigenvalue weighted by atomic mass is 16.5. The Morgan fingerprint density at radius 2 is 2.42 bits per heavy atom. The molecular formula is C7H16N2O3. The van der Waals surface area contributed by atoms with Crippen LogP contribution < -0.4 is 11.1 Å². The van der Waals surface area contributed by atoms with E-state index >= 15 is 0 Å². The molecule has 0 aliphatic rings. The normalized spacial score (nSPS) is 12.6. The van der Waals surface area contributed by atoms with E-state index in [1.807, 2.05) is 0 Å². The number of carbonyl (C=O) groups excluding carboxylic acids is 1. The second-order valence-electron chi connectivity index (χ2n) is 2.33. The summed E-state index contributed by atoms with van der Waals surface area (Å²) in [5.41, 5.74) is 5.25. The average Bonchev–Trinajstić information content (AvgIpc) is 2.07. The molecule has 0 bridgehead atoms. The largest absolute Gasteiger partial charge is 0.396 e. The smallest absolute Gasteiger partial charge is 0.250 e. The Balaban J connectivity index is 3.54. The minimum atomic E-state index is -0.580. The van der Waals surface area contributed by atoms with Crippen LogP contribution in [0.5, 0.6) is 0 Å². The van der Waals surface area contributed by atoms with Gasteiger partial charge in [-0.25, -0.2) is 0 Å². The molecule has 0 aliphatic heterocycles. The molecule has 0 saturated heterocycles. The number of methoxy groups -OCH3 is 1. The highest BCUT2D eigenvalue weighted by Gasteiger charge is 2.13. The van der Waals surface area contributed by atoms with Gasteiger partial charge in [0.25, 0.3) is 0 Å². The quantitative estimate of drug-likeness (QED) is 0.428. The standard InChI is InChI=1S/C7H16N2O3/c1-12-6(5-8)7(11)9-3-2-4-10/h6,10H,2-5,8H2,1H3,(H,9,11). The van der Waals surface area contributed by atoms with Crippen LogP contribution in [-0.4, -0.2) is 43.9 Å². The van der Waals surface area contributed by atoms with Gasteiger partial charge in [-0.15, -0.1) is 0 Å². The number of hydrogen-bond acceptors (Lipinski definition) is 4. The zero-order valence-electron chi connectivity index (χ0n) is 7.25. The molecule has 0 aliphatic carbocycles. The first-order valence-corrected chi connectivity index (χ1v) is 3.87. The summed E-state index contributed by atoms with van der Waals surface area (Å²) in [6.07, 6.45) is -0.0316. The molecule has 0 heterocycles. The first kappa shape index (κ1) is 11.4. The molecule has 0 fully saturated rings. The summed E-state index contributed by atoms with van der Waals surface area (Å²) in [5.74, 6) is -0.228. The number of carbonyl (C=O) groups is 1. The lowest BCUT2D eigenvalue weighted by atomic mass is 10.3. The van der Waals surface area contributed by atoms with Gasteiger partial charge in [0, 0.05) is 26.8 Å². The van der Waals surface area contributed by atoms with Crippen LogP contribution in [0.1, 0.15) is 6.42 Å². The van der Waals surface area contributed by atoms with Gasteiger partial charge >= 0.3 is 0 Å². The Morgan fingerprint density at radius 1 is 1.75 bits per heavy atom. The third kappa shape index (κ3) is 4.27. The van der Waals surface area contributed by atoms with Crippen molar-refractivity contribution >= 4 is 5.91 Å². The van der Waals surface area contributed by atoms with Crippen molar-refractivity contribution < 1.29 is 14.6 Å². The number of ether oxygens (including phenoxy) is 1. The third-order valence-electron chi connectivity index (χ3n) is 1.43. The lowest BCUT2D eigenvalue weighted by molar-refractivity contribution is -0.130. The van der Waals surface area contributed by atoms with Crippen molar-refractivity contribution in [2.75, 3.05) is 26.8 Å². The molecule has 0 aromatic carbocycles. The molecule has 0 aromatic heterocycles. The van der Waals surface area contributed by atoms with E-state index in [0.717, 1.165) is 0 Å². The van der Waals surface area contributed by atoms with Crippen LogP contribution in [0, 0.1) is 0 Å². The van der Waals surface area contributed by atoms with E-state index in [1.165, 1.54) is 7.11 Å². The van der Waals surface area contributed by atoms with Crippen molar-refractivity contribution in [1.82, 2.24) is 5.32 Å². The van der Waals surface area contributed by atoms with E-state index in [-0.39, 0.29) is 19.1 Å². The van der Waals surface area contributed by atoms with Gasteiger partial charge in [-0.2, -0.15) is 0 Å². The van der Waals surface area contributed by atoms with E-state index in [9.17, 15) is 4.79 Å². The Bertz CT molecular complexity index is 126. The fraction of sp³-hybridized carbons (Fsp3) is 0.857. The Labute approximate surface area is 71.9 Å². The molecule has 0 aromatic rings. The topological polar surface area (TPSA) is 84.6 Å². The third-order valence-corrected chi connectivity index (χ3v) is 1.43. The molecular weight excluding hydrogens is 160 g/mol. The minimum Gasteiger partial charge on any atom is -0.396 e. The molecule has 1 unspecified atom stereocenters. The lowest BCUT2D eigenvalue weighted by Gasteiger charge is -2.12. The van der Waals surface area contributed by atoms with Crippen LogP contribution in [0.2, 0.25) is 0 Å². The minimum absolute atomic E-state index is 0.0700. The Kier molecular flexibility index (Phi) is 6.64. The number of hydrogen-bond donors (Lipinski definition) is 3. The molecule has 0 saturated carbocycles. The first-order chi connectivity index (χ1) is 5.76. The summed E-state index contributed by atoms with van der Waals surface area (Å²) in [4.78, 5) is 11.1. The van der Waals surface area contributed by atoms with Gasteiger partial charge in [-0.3, -0.25) is 4.79 Å². The fourth-order valence-electron chi connectivity index (χ4n) is 0.715. The van der Waals surface area contributed by atoms with Crippen molar-refractivity contribution in [3.8, 4) is 0 Å². The van der Waals surface area contributed by atoms with Crippen molar-refractivity contribution in [3.63, 3.8) is 0 Å². The van der Waals surface area contributed by atoms with Crippen LogP contribution in [0.15, 0.2) is 0 Å². The summed E-state index contributed by atoms with van der Waals surface area (Å²) < 4.78 is 4.79. The van der Waals surface area contributed by atoms with Crippen LogP contribution in [0.3, 0.4) is 0 Å². The summed E-state index contributed by atoms with van der Waals surface area (Å²) in [5, 5.41) is 11.0. The van der Waals surface area contributed by atoms with Crippen LogP contribution in [0.25, 0.3) is 0 Å². The number of aliphatic hydroxyl groups excluding tert-OH is 1. The summed E-state index contributed by atoms with van der Waals surface area (Å²) in [6, 6.07) is 0. The summed E-state index contributed by atoms with van der Waals surface area (Å²) in [6.45, 7) is 0.692. The SMILES string of the molecule is COC(CN)C(=O)NCCCO. The second kappa shape index (κ2) is 7.02. The maximum absolute atomic E-state index is 11.1. The molecule has 1 amide bonds. The number of rotatable bonds is 6. The lowest BCUT2D eigenvalue weighted by Crippen LogP contribution is -2.41. The monoisotopic (exact) mass is 176 g/mol. The van der Waals surface area contributed by atoms with Gasteiger partial charge in [0.2, 0.25) is 5.91 Å². The van der Waals surface area contributed by atoms with E-state index in [0.29, 0.717) is 13.0 Å². The van der Waals surface area contributed by atoms with Crippen molar-refractivity contribution in [2.24, 2.45) is 5.73 Å². The zero-order valence-corrected chi connectivity index (χ0v) is 7.25. The highest BCUT2D eigenvalue weighted by Crippen LogP contribution is 1.86. The molecule has 5 nitrogen and oxygen atoms in total. The van der Waals surface area contributed by atoms with Gasteiger partial charge in [0.15, 0.2) is 0 Å². The predicted octanol–water partition coefficient (Wildman–Crippen LogP) is -1.54. The molecule has 4 N–H and O–H groups in total. The average molecular weight is 176 g/mol. The predicted molar refractivity (Wildman–Crippen MR) is 44.6 cm³/mol. The maximum atomic E-state index is 11.1. The molecule has 5 heteroatoms. The Hall–Kier alpha value is -0.650. The number of nitrogens with one attached hydrogen (secondary N) is 1. The van der Waals surface area contributed by atoms with Crippen molar-refractivity contribution in [3.05, 3.63) is 0 Å². The van der Waals surface area contributed by atoms with Gasteiger partial charge in [-0.1, -0.05) is 0 Å². The van der Waals surface area contributed by atoms with Gasteiger partial charge in [0.1, 0.15) is 6.10 Å². The molecule has 12 heavy (non-hydrogen) atoms. The van der Waals surface area contributed by atoms with E-state index in [1.54, 1.807) is 0 Å². The zero-order chi connectivity index (χ0) is 9.40. The maximum Gasteiger partial charge on any atom is 0.250 e. The molecule has 0 spiro atoms. The summed E-state index contributed by atoms with van der Waals surface area (Å²) in [7, 11) is 1.43. The van der Waals surface area contributed by atoms with E-state index in [4.69, 9.17) is 15.6 Å². The fourth-order valence-corrected chi connectivity index (χ4v) is 0.715. The first-order valence-electron chi connectivity index (χ1n) is 3.87.